The lowest BCUT2D eigenvalue weighted by Gasteiger charge is -2.24. The molecule has 0 saturated heterocycles. The lowest BCUT2D eigenvalue weighted by molar-refractivity contribution is -0.870. The molecule has 0 aliphatic carbocycles. The molecular formula is C64H111NO8P+. The Hall–Kier alpha value is -3.33. The number of unbranched alkanes of at least 4 members (excludes halogenated alkanes) is 21. The van der Waals surface area contributed by atoms with Crippen molar-refractivity contribution in [2.45, 2.75) is 238 Å². The molecule has 0 aromatic rings. The molecule has 0 aliphatic heterocycles. The molecule has 0 rings (SSSR count). The molecule has 0 fully saturated rings. The van der Waals surface area contributed by atoms with E-state index >= 15 is 0 Å². The van der Waals surface area contributed by atoms with Crippen molar-refractivity contribution in [2.24, 2.45) is 0 Å². The maximum atomic E-state index is 12.8. The number of allylic oxidation sites excluding steroid dienone is 18. The maximum Gasteiger partial charge on any atom is 0.472 e. The second-order valence-corrected chi connectivity index (χ2v) is 22.1. The van der Waals surface area contributed by atoms with E-state index in [0.717, 1.165) is 109 Å². The van der Waals surface area contributed by atoms with E-state index in [9.17, 15) is 19.0 Å². The number of hydrogen-bond donors (Lipinski definition) is 1. The zero-order chi connectivity index (χ0) is 54.2. The Bertz CT molecular complexity index is 1620. The zero-order valence-corrected chi connectivity index (χ0v) is 48.9. The van der Waals surface area contributed by atoms with E-state index in [1.54, 1.807) is 0 Å². The van der Waals surface area contributed by atoms with E-state index < -0.39 is 26.5 Å². The van der Waals surface area contributed by atoms with Gasteiger partial charge in [0.25, 0.3) is 0 Å². The van der Waals surface area contributed by atoms with E-state index in [0.29, 0.717) is 17.4 Å². The molecule has 10 heteroatoms. The third-order valence-corrected chi connectivity index (χ3v) is 13.3. The topological polar surface area (TPSA) is 108 Å². The molecule has 0 saturated carbocycles. The summed E-state index contributed by atoms with van der Waals surface area (Å²) in [5, 5.41) is 0. The molecule has 0 heterocycles. The number of ether oxygens (including phenoxy) is 2. The Morgan fingerprint density at radius 3 is 1.16 bits per heavy atom. The van der Waals surface area contributed by atoms with Gasteiger partial charge in [-0.15, -0.1) is 0 Å². The van der Waals surface area contributed by atoms with Gasteiger partial charge in [0, 0.05) is 12.8 Å². The number of quaternary nitrogens is 1. The van der Waals surface area contributed by atoms with Crippen molar-refractivity contribution in [3.05, 3.63) is 109 Å². The van der Waals surface area contributed by atoms with Gasteiger partial charge in [-0.3, -0.25) is 18.6 Å². The fraction of sp³-hybridized carbons (Fsp3) is 0.688. The normalized spacial score (nSPS) is 14.1. The van der Waals surface area contributed by atoms with Crippen LogP contribution >= 0.6 is 7.82 Å². The van der Waals surface area contributed by atoms with Gasteiger partial charge >= 0.3 is 19.8 Å². The SMILES string of the molecule is CC/C=C\C/C=C\C/C=C\C/C=C\C/C=C\C/C=C\C/C=C\C/C=C\CCCCCCCCCCC(=O)OC(COC(=O)CCCCCCCCC/C=C\CCCCCCCC)COP(=O)(O)OCC[N+](C)(C)C. The van der Waals surface area contributed by atoms with E-state index in [1.165, 1.54) is 89.9 Å². The fourth-order valence-electron chi connectivity index (χ4n) is 7.73. The minimum Gasteiger partial charge on any atom is -0.462 e. The first-order chi connectivity index (χ1) is 36.0. The van der Waals surface area contributed by atoms with Crippen LogP contribution in [0.4, 0.5) is 0 Å². The summed E-state index contributed by atoms with van der Waals surface area (Å²) in [4.78, 5) is 35.7. The summed E-state index contributed by atoms with van der Waals surface area (Å²) >= 11 is 0. The van der Waals surface area contributed by atoms with E-state index in [4.69, 9.17) is 18.5 Å². The molecule has 0 aromatic carbocycles. The van der Waals surface area contributed by atoms with Crippen molar-refractivity contribution in [1.29, 1.82) is 0 Å². The monoisotopic (exact) mass is 1050 g/mol. The second-order valence-electron chi connectivity index (χ2n) is 20.6. The molecular weight excluding hydrogens is 942 g/mol. The van der Waals surface area contributed by atoms with Crippen molar-refractivity contribution < 1.29 is 42.1 Å². The summed E-state index contributed by atoms with van der Waals surface area (Å²) in [6.07, 6.45) is 75.8. The van der Waals surface area contributed by atoms with E-state index in [2.05, 4.69) is 123 Å². The highest BCUT2D eigenvalue weighted by Gasteiger charge is 2.27. The van der Waals surface area contributed by atoms with E-state index in [1.807, 2.05) is 21.1 Å². The first kappa shape index (κ1) is 70.7. The first-order valence-corrected chi connectivity index (χ1v) is 31.1. The van der Waals surface area contributed by atoms with Crippen LogP contribution in [0.15, 0.2) is 109 Å². The minimum atomic E-state index is -4.39. The number of rotatable bonds is 53. The van der Waals surface area contributed by atoms with Gasteiger partial charge in [-0.1, -0.05) is 226 Å². The lowest BCUT2D eigenvalue weighted by atomic mass is 10.1. The van der Waals surface area contributed by atoms with Gasteiger partial charge in [-0.2, -0.15) is 0 Å². The van der Waals surface area contributed by atoms with Crippen molar-refractivity contribution in [3.8, 4) is 0 Å². The van der Waals surface area contributed by atoms with Crippen LogP contribution in [-0.2, 0) is 32.7 Å². The summed E-state index contributed by atoms with van der Waals surface area (Å²) < 4.78 is 34.5. The maximum absolute atomic E-state index is 12.8. The van der Waals surface area contributed by atoms with Gasteiger partial charge in [0.1, 0.15) is 19.8 Å². The molecule has 0 aliphatic rings. The average Bonchev–Trinajstić information content (AvgIpc) is 3.36. The molecule has 9 nitrogen and oxygen atoms in total. The predicted molar refractivity (Wildman–Crippen MR) is 316 cm³/mol. The smallest absolute Gasteiger partial charge is 0.462 e. The van der Waals surface area contributed by atoms with Gasteiger partial charge in [0.15, 0.2) is 6.10 Å². The number of carbonyl (C=O) groups excluding carboxylic acids is 2. The zero-order valence-electron chi connectivity index (χ0n) is 48.0. The quantitative estimate of drug-likeness (QED) is 0.0211. The Morgan fingerprint density at radius 2 is 0.770 bits per heavy atom. The third-order valence-electron chi connectivity index (χ3n) is 12.3. The van der Waals surface area contributed by atoms with Crippen molar-refractivity contribution in [3.63, 3.8) is 0 Å². The van der Waals surface area contributed by atoms with E-state index in [-0.39, 0.29) is 32.0 Å². The molecule has 0 amide bonds. The molecule has 1 N–H and O–H groups in total. The van der Waals surface area contributed by atoms with Crippen molar-refractivity contribution in [1.82, 2.24) is 0 Å². The first-order valence-electron chi connectivity index (χ1n) is 29.6. The summed E-state index contributed by atoms with van der Waals surface area (Å²) in [7, 11) is 1.46. The van der Waals surface area contributed by atoms with Gasteiger partial charge in [0.2, 0.25) is 0 Å². The number of hydrogen-bond acceptors (Lipinski definition) is 7. The number of phosphoric ester groups is 1. The Labute approximate surface area is 455 Å². The predicted octanol–water partition coefficient (Wildman–Crippen LogP) is 18.6. The van der Waals surface area contributed by atoms with Crippen LogP contribution in [0.1, 0.15) is 232 Å². The van der Waals surface area contributed by atoms with Crippen molar-refractivity contribution in [2.75, 3.05) is 47.5 Å². The fourth-order valence-corrected chi connectivity index (χ4v) is 8.47. The molecule has 2 unspecified atom stereocenters. The summed E-state index contributed by atoms with van der Waals surface area (Å²) in [5.74, 6) is -0.816. The van der Waals surface area contributed by atoms with Gasteiger partial charge in [0.05, 0.1) is 27.7 Å². The summed E-state index contributed by atoms with van der Waals surface area (Å²) in [6.45, 7) is 4.30. The standard InChI is InChI=1S/C64H110NO8P/c1-6-8-10-12-14-16-18-20-22-24-25-26-27-28-29-30-31-32-33-34-35-36-37-38-39-41-43-45-47-49-51-53-55-57-64(67)73-62(61-72-74(68,69)71-59-58-65(3,4)5)60-70-63(66)56-54-52-50-48-46-44-42-40-23-21-19-17-15-13-11-9-7-2/h8,10,14,16,20-23,25-26,28-29,31-32,34-35,37-38,62H,6-7,9,11-13,15,17-19,24,27,30,33,36,39-61H2,1-5H3/p+1/b10-8-,16-14-,22-20-,23-21-,26-25-,29-28-,32-31-,35-34-,38-37-. The Morgan fingerprint density at radius 1 is 0.432 bits per heavy atom. The molecule has 74 heavy (non-hydrogen) atoms. The van der Waals surface area contributed by atoms with Crippen molar-refractivity contribution >= 4 is 19.8 Å². The van der Waals surface area contributed by atoms with Crippen LogP contribution in [-0.4, -0.2) is 74.9 Å². The highest BCUT2D eigenvalue weighted by atomic mass is 31.2. The Balaban J connectivity index is 4.19. The highest BCUT2D eigenvalue weighted by molar-refractivity contribution is 7.47. The summed E-state index contributed by atoms with van der Waals surface area (Å²) in [5.41, 5.74) is 0. The third kappa shape index (κ3) is 57.9. The largest absolute Gasteiger partial charge is 0.472 e. The van der Waals surface area contributed by atoms with Gasteiger partial charge in [-0.05, 0) is 103 Å². The van der Waals surface area contributed by atoms with Crippen LogP contribution < -0.4 is 0 Å². The number of esters is 2. The molecule has 424 valence electrons. The van der Waals surface area contributed by atoms with Crippen LogP contribution in [0.2, 0.25) is 0 Å². The van der Waals surface area contributed by atoms with Crippen LogP contribution in [0, 0.1) is 0 Å². The van der Waals surface area contributed by atoms with Gasteiger partial charge < -0.3 is 18.9 Å². The molecule has 0 radical (unpaired) electrons. The molecule has 0 bridgehead atoms. The number of phosphoric acid groups is 1. The summed E-state index contributed by atoms with van der Waals surface area (Å²) in [6, 6.07) is 0. The highest BCUT2D eigenvalue weighted by Crippen LogP contribution is 2.43. The van der Waals surface area contributed by atoms with Gasteiger partial charge in [-0.25, -0.2) is 4.57 Å². The van der Waals surface area contributed by atoms with Crippen LogP contribution in [0.3, 0.4) is 0 Å². The van der Waals surface area contributed by atoms with Crippen LogP contribution in [0.5, 0.6) is 0 Å². The lowest BCUT2D eigenvalue weighted by Crippen LogP contribution is -2.37. The number of likely N-dealkylation sites (N-methyl/N-ethyl adjacent to an activating group) is 1. The second kappa shape index (κ2) is 54.5. The number of nitrogens with zero attached hydrogens (tertiary/aromatic N) is 1. The molecule has 0 aromatic heterocycles. The molecule has 0 spiro atoms. The number of carbonyl (C=O) groups is 2. The molecule has 2 atom stereocenters. The Kier molecular flexibility index (Phi) is 52.0. The minimum absolute atomic E-state index is 0.0243. The van der Waals surface area contributed by atoms with Crippen LogP contribution in [0.25, 0.3) is 0 Å². The average molecular weight is 1050 g/mol.